The number of fused-ring (bicyclic) bond motifs is 1. The van der Waals surface area contributed by atoms with Crippen LogP contribution >= 0.6 is 11.8 Å². The Balaban J connectivity index is 2.33. The highest BCUT2D eigenvalue weighted by atomic mass is 32.2. The molecule has 0 radical (unpaired) electrons. The molecule has 0 saturated heterocycles. The monoisotopic (exact) mass is 210 g/mol. The quantitative estimate of drug-likeness (QED) is 0.648. The number of rotatable bonds is 1. The minimum absolute atomic E-state index is 0.300. The van der Waals surface area contributed by atoms with Gasteiger partial charge in [0.05, 0.1) is 12.8 Å². The van der Waals surface area contributed by atoms with E-state index in [1.165, 1.54) is 7.11 Å². The van der Waals surface area contributed by atoms with Crippen LogP contribution in [0.3, 0.4) is 0 Å². The van der Waals surface area contributed by atoms with Gasteiger partial charge >= 0.3 is 5.97 Å². The number of ether oxygens (including phenoxy) is 1. The fourth-order valence-corrected chi connectivity index (χ4v) is 2.30. The van der Waals surface area contributed by atoms with E-state index in [9.17, 15) is 4.79 Å². The molecule has 0 amide bonds. The van der Waals surface area contributed by atoms with Crippen LogP contribution in [0.2, 0.25) is 0 Å². The molecule has 5 heteroatoms. The predicted molar refractivity (Wildman–Crippen MR) is 53.2 cm³/mol. The van der Waals surface area contributed by atoms with Crippen LogP contribution in [0, 0.1) is 0 Å². The first-order valence-corrected chi connectivity index (χ1v) is 5.48. The summed E-state index contributed by atoms with van der Waals surface area (Å²) in [6.45, 7) is 0. The molecule has 1 aromatic rings. The molecule has 1 aliphatic heterocycles. The van der Waals surface area contributed by atoms with Crippen LogP contribution in [0.5, 0.6) is 0 Å². The van der Waals surface area contributed by atoms with E-state index in [2.05, 4.69) is 14.9 Å². The fraction of sp³-hybridized carbons (Fsp3) is 0.444. The zero-order chi connectivity index (χ0) is 9.97. The van der Waals surface area contributed by atoms with Crippen LogP contribution in [0.1, 0.15) is 21.7 Å². The van der Waals surface area contributed by atoms with Crippen LogP contribution in [0.25, 0.3) is 0 Å². The number of esters is 1. The molecule has 0 bridgehead atoms. The topological polar surface area (TPSA) is 52.1 Å². The second-order valence-electron chi connectivity index (χ2n) is 3.00. The van der Waals surface area contributed by atoms with E-state index in [1.54, 1.807) is 6.07 Å². The third-order valence-electron chi connectivity index (χ3n) is 2.10. The molecule has 1 aliphatic rings. The second-order valence-corrected chi connectivity index (χ2v) is 4.10. The van der Waals surface area contributed by atoms with Crippen molar-refractivity contribution in [2.24, 2.45) is 0 Å². The molecule has 0 N–H and O–H groups in total. The maximum absolute atomic E-state index is 11.2. The van der Waals surface area contributed by atoms with Crippen molar-refractivity contribution in [1.82, 2.24) is 10.2 Å². The Hall–Kier alpha value is -1.10. The largest absolute Gasteiger partial charge is 0.464 e. The average Bonchev–Trinajstić information content (AvgIpc) is 2.27. The van der Waals surface area contributed by atoms with Gasteiger partial charge in [-0.15, -0.1) is 5.10 Å². The molecule has 0 saturated carbocycles. The van der Waals surface area contributed by atoms with Crippen LogP contribution in [0.15, 0.2) is 6.07 Å². The maximum Gasteiger partial charge on any atom is 0.358 e. The Morgan fingerprint density at radius 3 is 3.21 bits per heavy atom. The zero-order valence-electron chi connectivity index (χ0n) is 7.82. The highest BCUT2D eigenvalue weighted by molar-refractivity contribution is 7.98. The summed E-state index contributed by atoms with van der Waals surface area (Å²) in [7, 11) is 1.35. The van der Waals surface area contributed by atoms with E-state index >= 15 is 0 Å². The molecule has 4 nitrogen and oxygen atoms in total. The van der Waals surface area contributed by atoms with Crippen molar-refractivity contribution in [2.45, 2.75) is 12.2 Å². The zero-order valence-corrected chi connectivity index (χ0v) is 8.63. The predicted octanol–water partition coefficient (Wildman–Crippen LogP) is 1.05. The third kappa shape index (κ3) is 1.72. The molecule has 0 spiro atoms. The number of nitrogens with zero attached hydrogens (tertiary/aromatic N) is 2. The van der Waals surface area contributed by atoms with Crippen molar-refractivity contribution in [3.63, 3.8) is 0 Å². The first-order chi connectivity index (χ1) is 6.81. The van der Waals surface area contributed by atoms with Gasteiger partial charge < -0.3 is 4.74 Å². The van der Waals surface area contributed by atoms with Crippen molar-refractivity contribution in [3.8, 4) is 0 Å². The Bertz CT molecular complexity index is 368. The SMILES string of the molecule is COC(=O)c1cc2c(nn1)CCSC2. The number of hydrogen-bond donors (Lipinski definition) is 0. The number of carbonyl (C=O) groups excluding carboxylic acids is 1. The lowest BCUT2D eigenvalue weighted by Crippen LogP contribution is -2.12. The number of aromatic nitrogens is 2. The summed E-state index contributed by atoms with van der Waals surface area (Å²) in [5.74, 6) is 1.57. The molecule has 2 heterocycles. The molecule has 0 aliphatic carbocycles. The summed E-state index contributed by atoms with van der Waals surface area (Å²) in [5, 5.41) is 7.85. The van der Waals surface area contributed by atoms with Gasteiger partial charge in [0.2, 0.25) is 0 Å². The van der Waals surface area contributed by atoms with E-state index < -0.39 is 5.97 Å². The molecule has 1 aromatic heterocycles. The van der Waals surface area contributed by atoms with E-state index in [0.29, 0.717) is 5.69 Å². The van der Waals surface area contributed by atoms with Crippen LogP contribution in [0.4, 0.5) is 0 Å². The highest BCUT2D eigenvalue weighted by Gasteiger charge is 2.15. The number of methoxy groups -OCH3 is 1. The van der Waals surface area contributed by atoms with E-state index in [-0.39, 0.29) is 0 Å². The standard InChI is InChI=1S/C9H10N2O2S/c1-13-9(12)8-4-6-5-14-3-2-7(6)10-11-8/h4H,2-3,5H2,1H3. The van der Waals surface area contributed by atoms with Gasteiger partial charge in [-0.2, -0.15) is 16.9 Å². The lowest BCUT2D eigenvalue weighted by atomic mass is 10.1. The Morgan fingerprint density at radius 2 is 2.43 bits per heavy atom. The summed E-state index contributed by atoms with van der Waals surface area (Å²) >= 11 is 1.85. The summed E-state index contributed by atoms with van der Waals surface area (Å²) < 4.78 is 4.58. The van der Waals surface area contributed by atoms with Gasteiger partial charge in [-0.3, -0.25) is 0 Å². The van der Waals surface area contributed by atoms with Gasteiger partial charge in [-0.1, -0.05) is 0 Å². The van der Waals surface area contributed by atoms with Crippen molar-refractivity contribution in [2.75, 3.05) is 12.9 Å². The first kappa shape index (κ1) is 9.45. The minimum atomic E-state index is -0.420. The van der Waals surface area contributed by atoms with Gasteiger partial charge in [0.1, 0.15) is 0 Å². The number of thioether (sulfide) groups is 1. The van der Waals surface area contributed by atoms with E-state index in [4.69, 9.17) is 0 Å². The smallest absolute Gasteiger partial charge is 0.358 e. The van der Waals surface area contributed by atoms with Crippen LogP contribution < -0.4 is 0 Å². The average molecular weight is 210 g/mol. The lowest BCUT2D eigenvalue weighted by molar-refractivity contribution is 0.0592. The molecular formula is C9H10N2O2S. The van der Waals surface area contributed by atoms with Crippen molar-refractivity contribution < 1.29 is 9.53 Å². The van der Waals surface area contributed by atoms with Crippen molar-refractivity contribution in [3.05, 3.63) is 23.0 Å². The van der Waals surface area contributed by atoms with Gasteiger partial charge in [0.15, 0.2) is 5.69 Å². The maximum atomic E-state index is 11.2. The van der Waals surface area contributed by atoms with Gasteiger partial charge in [-0.25, -0.2) is 4.79 Å². The van der Waals surface area contributed by atoms with Crippen LogP contribution in [-0.4, -0.2) is 29.0 Å². The van der Waals surface area contributed by atoms with Crippen molar-refractivity contribution in [1.29, 1.82) is 0 Å². The van der Waals surface area contributed by atoms with Gasteiger partial charge in [-0.05, 0) is 17.4 Å². The molecule has 2 rings (SSSR count). The number of aryl methyl sites for hydroxylation is 1. The highest BCUT2D eigenvalue weighted by Crippen LogP contribution is 2.22. The molecule has 0 unspecified atom stereocenters. The minimum Gasteiger partial charge on any atom is -0.464 e. The van der Waals surface area contributed by atoms with Gasteiger partial charge in [0.25, 0.3) is 0 Å². The molecular weight excluding hydrogens is 200 g/mol. The molecule has 14 heavy (non-hydrogen) atoms. The number of hydrogen-bond acceptors (Lipinski definition) is 5. The molecule has 0 aromatic carbocycles. The second kappa shape index (κ2) is 3.96. The Kier molecular flexibility index (Phi) is 2.67. The summed E-state index contributed by atoms with van der Waals surface area (Å²) in [6, 6.07) is 1.78. The number of carbonyl (C=O) groups is 1. The third-order valence-corrected chi connectivity index (χ3v) is 3.10. The lowest BCUT2D eigenvalue weighted by Gasteiger charge is -2.13. The Labute approximate surface area is 86.1 Å². The van der Waals surface area contributed by atoms with E-state index in [0.717, 1.165) is 29.2 Å². The van der Waals surface area contributed by atoms with Gasteiger partial charge in [0, 0.05) is 12.2 Å². The van der Waals surface area contributed by atoms with Crippen molar-refractivity contribution >= 4 is 17.7 Å². The molecule has 0 fully saturated rings. The normalized spacial score (nSPS) is 14.6. The summed E-state index contributed by atoms with van der Waals surface area (Å²) in [6.07, 6.45) is 0.939. The summed E-state index contributed by atoms with van der Waals surface area (Å²) in [4.78, 5) is 11.2. The van der Waals surface area contributed by atoms with Crippen LogP contribution in [-0.2, 0) is 16.9 Å². The molecule has 0 atom stereocenters. The fourth-order valence-electron chi connectivity index (χ4n) is 1.35. The first-order valence-electron chi connectivity index (χ1n) is 4.33. The molecule has 74 valence electrons. The summed E-state index contributed by atoms with van der Waals surface area (Å²) in [5.41, 5.74) is 2.42. The van der Waals surface area contributed by atoms with E-state index in [1.807, 2.05) is 11.8 Å². The Morgan fingerprint density at radius 1 is 1.57 bits per heavy atom.